The van der Waals surface area contributed by atoms with Crippen molar-refractivity contribution in [3.05, 3.63) is 0 Å². The topological polar surface area (TPSA) is 0 Å². The summed E-state index contributed by atoms with van der Waals surface area (Å²) in [6.45, 7) is 9.42. The van der Waals surface area contributed by atoms with Crippen molar-refractivity contribution in [2.45, 2.75) is 53.4 Å². The summed E-state index contributed by atoms with van der Waals surface area (Å²) in [4.78, 5) is 0. The molecule has 0 heterocycles. The van der Waals surface area contributed by atoms with Gasteiger partial charge in [0, 0.05) is 0 Å². The zero-order valence-electron chi connectivity index (χ0n) is 9.14. The van der Waals surface area contributed by atoms with Gasteiger partial charge in [-0.05, 0) is 42.9 Å². The molecule has 12 heavy (non-hydrogen) atoms. The maximum absolute atomic E-state index is 2.41. The summed E-state index contributed by atoms with van der Waals surface area (Å²) in [7, 11) is 0. The number of rotatable bonds is 4. The lowest BCUT2D eigenvalue weighted by atomic mass is 9.66. The van der Waals surface area contributed by atoms with Crippen LogP contribution in [0.15, 0.2) is 0 Å². The second-order valence-electron chi connectivity index (χ2n) is 5.11. The standard InChI is InChI=1S/C12H24/c1-5-10(4)12-7-11(8-12)6-9(2)3/h9-12H,5-8H2,1-4H3. The van der Waals surface area contributed by atoms with Gasteiger partial charge in [-0.2, -0.15) is 0 Å². The molecule has 0 aromatic heterocycles. The van der Waals surface area contributed by atoms with Gasteiger partial charge in [0.1, 0.15) is 0 Å². The molecule has 1 aliphatic rings. The second-order valence-corrected chi connectivity index (χ2v) is 5.11. The monoisotopic (exact) mass is 168 g/mol. The molecule has 0 saturated heterocycles. The summed E-state index contributed by atoms with van der Waals surface area (Å²) in [5.41, 5.74) is 0. The van der Waals surface area contributed by atoms with Crippen LogP contribution in [0.2, 0.25) is 0 Å². The number of hydrogen-bond acceptors (Lipinski definition) is 0. The van der Waals surface area contributed by atoms with Crippen LogP contribution in [0, 0.1) is 23.7 Å². The fourth-order valence-corrected chi connectivity index (χ4v) is 2.44. The average molecular weight is 168 g/mol. The lowest BCUT2D eigenvalue weighted by molar-refractivity contribution is 0.112. The summed E-state index contributed by atoms with van der Waals surface area (Å²) in [5, 5.41) is 0. The van der Waals surface area contributed by atoms with Crippen LogP contribution < -0.4 is 0 Å². The van der Waals surface area contributed by atoms with Crippen molar-refractivity contribution in [1.82, 2.24) is 0 Å². The fourth-order valence-electron chi connectivity index (χ4n) is 2.44. The molecule has 0 aromatic carbocycles. The molecule has 1 fully saturated rings. The van der Waals surface area contributed by atoms with E-state index in [1.165, 1.54) is 25.7 Å². The van der Waals surface area contributed by atoms with Crippen LogP contribution in [-0.4, -0.2) is 0 Å². The molecule has 0 amide bonds. The van der Waals surface area contributed by atoms with Crippen molar-refractivity contribution >= 4 is 0 Å². The molecule has 1 aliphatic carbocycles. The Balaban J connectivity index is 2.11. The van der Waals surface area contributed by atoms with Crippen molar-refractivity contribution in [3.63, 3.8) is 0 Å². The summed E-state index contributed by atoms with van der Waals surface area (Å²) in [6, 6.07) is 0. The Kier molecular flexibility index (Phi) is 3.61. The van der Waals surface area contributed by atoms with Gasteiger partial charge in [0.05, 0.1) is 0 Å². The van der Waals surface area contributed by atoms with Gasteiger partial charge < -0.3 is 0 Å². The Morgan fingerprint density at radius 1 is 1.17 bits per heavy atom. The quantitative estimate of drug-likeness (QED) is 0.592. The molecule has 0 heteroatoms. The highest BCUT2D eigenvalue weighted by Crippen LogP contribution is 2.42. The predicted molar refractivity (Wildman–Crippen MR) is 55.1 cm³/mol. The van der Waals surface area contributed by atoms with Gasteiger partial charge in [0.2, 0.25) is 0 Å². The van der Waals surface area contributed by atoms with E-state index in [4.69, 9.17) is 0 Å². The molecule has 1 unspecified atom stereocenters. The average Bonchev–Trinajstić information content (AvgIpc) is 1.94. The van der Waals surface area contributed by atoms with Crippen LogP contribution in [0.3, 0.4) is 0 Å². The van der Waals surface area contributed by atoms with Crippen LogP contribution in [0.25, 0.3) is 0 Å². The molecule has 0 aliphatic heterocycles. The van der Waals surface area contributed by atoms with Gasteiger partial charge in [-0.15, -0.1) is 0 Å². The molecule has 0 spiro atoms. The lowest BCUT2D eigenvalue weighted by Gasteiger charge is -2.40. The summed E-state index contributed by atoms with van der Waals surface area (Å²) >= 11 is 0. The van der Waals surface area contributed by atoms with Gasteiger partial charge in [-0.25, -0.2) is 0 Å². The van der Waals surface area contributed by atoms with Crippen LogP contribution in [0.4, 0.5) is 0 Å². The zero-order valence-corrected chi connectivity index (χ0v) is 9.14. The highest BCUT2D eigenvalue weighted by molar-refractivity contribution is 4.82. The molecule has 1 atom stereocenters. The molecule has 0 N–H and O–H groups in total. The minimum Gasteiger partial charge on any atom is -0.0651 e. The minimum atomic E-state index is 0.910. The van der Waals surface area contributed by atoms with E-state index in [1.807, 2.05) is 0 Å². The predicted octanol–water partition coefficient (Wildman–Crippen LogP) is 4.10. The van der Waals surface area contributed by atoms with Gasteiger partial charge >= 0.3 is 0 Å². The van der Waals surface area contributed by atoms with Gasteiger partial charge in [0.15, 0.2) is 0 Å². The molecular weight excluding hydrogens is 144 g/mol. The first-order valence-corrected chi connectivity index (χ1v) is 5.63. The van der Waals surface area contributed by atoms with E-state index >= 15 is 0 Å². The van der Waals surface area contributed by atoms with Crippen molar-refractivity contribution in [1.29, 1.82) is 0 Å². The summed E-state index contributed by atoms with van der Waals surface area (Å²) < 4.78 is 0. The smallest absolute Gasteiger partial charge is 0.0383 e. The van der Waals surface area contributed by atoms with E-state index in [2.05, 4.69) is 27.7 Å². The molecule has 72 valence electrons. The Morgan fingerprint density at radius 3 is 2.17 bits per heavy atom. The largest absolute Gasteiger partial charge is 0.0651 e. The molecule has 0 radical (unpaired) electrons. The van der Waals surface area contributed by atoms with Crippen molar-refractivity contribution in [2.75, 3.05) is 0 Å². The minimum absolute atomic E-state index is 0.910. The van der Waals surface area contributed by atoms with E-state index in [-0.39, 0.29) is 0 Å². The third-order valence-electron chi connectivity index (χ3n) is 3.53. The van der Waals surface area contributed by atoms with E-state index in [9.17, 15) is 0 Å². The highest BCUT2D eigenvalue weighted by Gasteiger charge is 2.31. The fraction of sp³-hybridized carbons (Fsp3) is 1.00. The third-order valence-corrected chi connectivity index (χ3v) is 3.53. The van der Waals surface area contributed by atoms with Crippen molar-refractivity contribution < 1.29 is 0 Å². The van der Waals surface area contributed by atoms with Crippen LogP contribution >= 0.6 is 0 Å². The van der Waals surface area contributed by atoms with Gasteiger partial charge in [-0.3, -0.25) is 0 Å². The maximum Gasteiger partial charge on any atom is -0.0383 e. The lowest BCUT2D eigenvalue weighted by Crippen LogP contribution is -2.29. The molecule has 0 nitrogen and oxygen atoms in total. The Bertz CT molecular complexity index is 120. The third kappa shape index (κ3) is 2.50. The van der Waals surface area contributed by atoms with E-state index < -0.39 is 0 Å². The second kappa shape index (κ2) is 4.30. The molecular formula is C12H24. The molecule has 1 rings (SSSR count). The summed E-state index contributed by atoms with van der Waals surface area (Å²) in [6.07, 6.45) is 5.88. The van der Waals surface area contributed by atoms with E-state index in [1.54, 1.807) is 0 Å². The van der Waals surface area contributed by atoms with E-state index in [0.717, 1.165) is 23.7 Å². The molecule has 1 saturated carbocycles. The molecule has 0 aromatic rings. The van der Waals surface area contributed by atoms with Gasteiger partial charge in [-0.1, -0.05) is 34.1 Å². The van der Waals surface area contributed by atoms with Crippen LogP contribution in [-0.2, 0) is 0 Å². The normalized spacial score (nSPS) is 31.8. The summed E-state index contributed by atoms with van der Waals surface area (Å²) in [5.74, 6) is 4.03. The Morgan fingerprint density at radius 2 is 1.75 bits per heavy atom. The number of hydrogen-bond donors (Lipinski definition) is 0. The highest BCUT2D eigenvalue weighted by atomic mass is 14.4. The van der Waals surface area contributed by atoms with Crippen LogP contribution in [0.5, 0.6) is 0 Å². The van der Waals surface area contributed by atoms with Gasteiger partial charge in [0.25, 0.3) is 0 Å². The SMILES string of the molecule is CCC(C)C1CC(CC(C)C)C1. The first kappa shape index (κ1) is 10.1. The Labute approximate surface area is 77.7 Å². The molecule has 0 bridgehead atoms. The first-order chi connectivity index (χ1) is 5.63. The Hall–Kier alpha value is 0. The van der Waals surface area contributed by atoms with Crippen molar-refractivity contribution in [3.8, 4) is 0 Å². The zero-order chi connectivity index (χ0) is 9.14. The van der Waals surface area contributed by atoms with E-state index in [0.29, 0.717) is 0 Å². The van der Waals surface area contributed by atoms with Crippen LogP contribution in [0.1, 0.15) is 53.4 Å². The maximum atomic E-state index is 2.41. The van der Waals surface area contributed by atoms with Crippen molar-refractivity contribution in [2.24, 2.45) is 23.7 Å². The first-order valence-electron chi connectivity index (χ1n) is 5.63.